The van der Waals surface area contributed by atoms with Gasteiger partial charge in [-0.05, 0) is 27.7 Å². The van der Waals surface area contributed by atoms with Gasteiger partial charge in [0.2, 0.25) is 0 Å². The fourth-order valence-corrected chi connectivity index (χ4v) is 0.627. The molecule has 0 aliphatic heterocycles. The Labute approximate surface area is 50.9 Å². The summed E-state index contributed by atoms with van der Waals surface area (Å²) >= 11 is 0. The van der Waals surface area contributed by atoms with Crippen molar-refractivity contribution in [3.63, 3.8) is 0 Å². The third kappa shape index (κ3) is 5.92. The first kappa shape index (κ1) is 7.92. The molecule has 0 aromatic carbocycles. The van der Waals surface area contributed by atoms with E-state index in [4.69, 9.17) is 5.11 Å². The largest absolute Gasteiger partial charge is 0.379 e. The summed E-state index contributed by atoms with van der Waals surface area (Å²) in [6.07, 6.45) is -0.407. The van der Waals surface area contributed by atoms with Gasteiger partial charge in [0.25, 0.3) is 0 Å². The van der Waals surface area contributed by atoms with Gasteiger partial charge in [-0.3, -0.25) is 5.32 Å². The van der Waals surface area contributed by atoms with Crippen molar-refractivity contribution in [3.8, 4) is 0 Å². The van der Waals surface area contributed by atoms with Crippen LogP contribution in [0.5, 0.6) is 0 Å². The Kier molecular flexibility index (Phi) is 2.44. The second-order valence-electron chi connectivity index (χ2n) is 3.07. The fraction of sp³-hybridized carbons (Fsp3) is 1.00. The highest BCUT2D eigenvalue weighted by Gasteiger charge is 2.09. The van der Waals surface area contributed by atoms with Crippen molar-refractivity contribution in [3.05, 3.63) is 0 Å². The van der Waals surface area contributed by atoms with Crippen molar-refractivity contribution in [1.29, 1.82) is 0 Å². The van der Waals surface area contributed by atoms with Gasteiger partial charge in [-0.25, -0.2) is 0 Å². The van der Waals surface area contributed by atoms with Crippen LogP contribution in [0.3, 0.4) is 0 Å². The SMILES string of the molecule is CC(O)NC(C)(C)C. The average Bonchev–Trinajstić information content (AvgIpc) is 1.21. The quantitative estimate of drug-likeness (QED) is 0.496. The second kappa shape index (κ2) is 2.46. The summed E-state index contributed by atoms with van der Waals surface area (Å²) in [5.74, 6) is 0. The van der Waals surface area contributed by atoms with E-state index in [1.807, 2.05) is 20.8 Å². The number of nitrogens with one attached hydrogen (secondary N) is 1. The van der Waals surface area contributed by atoms with Gasteiger partial charge < -0.3 is 5.11 Å². The highest BCUT2D eigenvalue weighted by atomic mass is 16.3. The molecule has 2 nitrogen and oxygen atoms in total. The molecule has 0 saturated carbocycles. The molecular weight excluding hydrogens is 102 g/mol. The summed E-state index contributed by atoms with van der Waals surface area (Å²) in [4.78, 5) is 0. The second-order valence-corrected chi connectivity index (χ2v) is 3.07. The number of aliphatic hydroxyl groups is 1. The minimum Gasteiger partial charge on any atom is -0.379 e. The van der Waals surface area contributed by atoms with Crippen LogP contribution in [-0.2, 0) is 0 Å². The van der Waals surface area contributed by atoms with E-state index in [-0.39, 0.29) is 5.54 Å². The van der Waals surface area contributed by atoms with Gasteiger partial charge in [0.05, 0.1) is 0 Å². The topological polar surface area (TPSA) is 32.3 Å². The van der Waals surface area contributed by atoms with E-state index < -0.39 is 6.23 Å². The molecular formula is C6H15NO. The monoisotopic (exact) mass is 117 g/mol. The molecule has 0 saturated heterocycles. The standard InChI is InChI=1S/C6H15NO/c1-5(8)7-6(2,3)4/h5,7-8H,1-4H3. The number of aliphatic hydroxyl groups excluding tert-OH is 1. The predicted molar refractivity (Wildman–Crippen MR) is 34.6 cm³/mol. The molecule has 0 aliphatic carbocycles. The summed E-state index contributed by atoms with van der Waals surface area (Å²) < 4.78 is 0. The van der Waals surface area contributed by atoms with Crippen molar-refractivity contribution in [2.24, 2.45) is 0 Å². The molecule has 1 atom stereocenters. The highest BCUT2D eigenvalue weighted by molar-refractivity contribution is 4.69. The van der Waals surface area contributed by atoms with Crippen molar-refractivity contribution in [2.75, 3.05) is 0 Å². The van der Waals surface area contributed by atoms with Gasteiger partial charge in [0.15, 0.2) is 0 Å². The minimum atomic E-state index is -0.407. The van der Waals surface area contributed by atoms with E-state index >= 15 is 0 Å². The van der Waals surface area contributed by atoms with Crippen molar-refractivity contribution in [2.45, 2.75) is 39.5 Å². The lowest BCUT2D eigenvalue weighted by atomic mass is 10.1. The van der Waals surface area contributed by atoms with E-state index in [9.17, 15) is 0 Å². The highest BCUT2D eigenvalue weighted by Crippen LogP contribution is 1.98. The molecule has 8 heavy (non-hydrogen) atoms. The smallest absolute Gasteiger partial charge is 0.102 e. The molecule has 1 unspecified atom stereocenters. The van der Waals surface area contributed by atoms with Gasteiger partial charge >= 0.3 is 0 Å². The van der Waals surface area contributed by atoms with Gasteiger partial charge in [-0.15, -0.1) is 0 Å². The Morgan fingerprint density at radius 1 is 1.38 bits per heavy atom. The maximum absolute atomic E-state index is 8.78. The molecule has 0 rings (SSSR count). The maximum Gasteiger partial charge on any atom is 0.102 e. The zero-order valence-corrected chi connectivity index (χ0v) is 6.02. The van der Waals surface area contributed by atoms with Crippen LogP contribution in [0.15, 0.2) is 0 Å². The predicted octanol–water partition coefficient (Wildman–Crippen LogP) is 0.713. The minimum absolute atomic E-state index is 0.0220. The van der Waals surface area contributed by atoms with Crippen LogP contribution in [0.4, 0.5) is 0 Å². The van der Waals surface area contributed by atoms with Gasteiger partial charge in [-0.2, -0.15) is 0 Å². The molecule has 0 aromatic heterocycles. The zero-order chi connectivity index (χ0) is 6.78. The summed E-state index contributed by atoms with van der Waals surface area (Å²) in [6.45, 7) is 7.75. The van der Waals surface area contributed by atoms with E-state index in [0.717, 1.165) is 0 Å². The fourth-order valence-electron chi connectivity index (χ4n) is 0.627. The maximum atomic E-state index is 8.78. The van der Waals surface area contributed by atoms with Crippen molar-refractivity contribution >= 4 is 0 Å². The molecule has 0 heterocycles. The third-order valence-corrected chi connectivity index (χ3v) is 0.642. The van der Waals surface area contributed by atoms with Crippen LogP contribution >= 0.6 is 0 Å². The molecule has 0 spiro atoms. The molecule has 0 amide bonds. The lowest BCUT2D eigenvalue weighted by molar-refractivity contribution is 0.123. The summed E-state index contributed by atoms with van der Waals surface area (Å²) in [7, 11) is 0. The Morgan fingerprint density at radius 3 is 1.75 bits per heavy atom. The lowest BCUT2D eigenvalue weighted by Crippen LogP contribution is -2.41. The third-order valence-electron chi connectivity index (χ3n) is 0.642. The summed E-state index contributed by atoms with van der Waals surface area (Å²) in [5, 5.41) is 11.7. The number of rotatable bonds is 1. The zero-order valence-electron chi connectivity index (χ0n) is 6.02. The molecule has 0 radical (unpaired) electrons. The van der Waals surface area contributed by atoms with E-state index in [1.165, 1.54) is 0 Å². The summed E-state index contributed by atoms with van der Waals surface area (Å²) in [5.41, 5.74) is 0.0220. The first-order chi connectivity index (χ1) is 3.42. The van der Waals surface area contributed by atoms with E-state index in [2.05, 4.69) is 5.32 Å². The Morgan fingerprint density at radius 2 is 1.75 bits per heavy atom. The molecule has 2 N–H and O–H groups in total. The Hall–Kier alpha value is -0.0800. The van der Waals surface area contributed by atoms with Crippen LogP contribution in [0.25, 0.3) is 0 Å². The van der Waals surface area contributed by atoms with Crippen LogP contribution < -0.4 is 5.32 Å². The van der Waals surface area contributed by atoms with E-state index in [0.29, 0.717) is 0 Å². The van der Waals surface area contributed by atoms with Gasteiger partial charge in [0.1, 0.15) is 6.23 Å². The Bertz CT molecular complexity index is 63.4. The van der Waals surface area contributed by atoms with Crippen molar-refractivity contribution < 1.29 is 5.11 Å². The number of hydrogen-bond donors (Lipinski definition) is 2. The van der Waals surface area contributed by atoms with Crippen LogP contribution in [-0.4, -0.2) is 16.9 Å². The van der Waals surface area contributed by atoms with E-state index in [1.54, 1.807) is 6.92 Å². The van der Waals surface area contributed by atoms with Gasteiger partial charge in [-0.1, -0.05) is 0 Å². The lowest BCUT2D eigenvalue weighted by Gasteiger charge is -2.22. The van der Waals surface area contributed by atoms with Crippen LogP contribution in [0, 0.1) is 0 Å². The van der Waals surface area contributed by atoms with Crippen molar-refractivity contribution in [1.82, 2.24) is 5.32 Å². The Balaban J connectivity index is 3.39. The molecule has 0 fully saturated rings. The first-order valence-corrected chi connectivity index (χ1v) is 2.87. The molecule has 0 aliphatic rings. The van der Waals surface area contributed by atoms with Crippen LogP contribution in [0.2, 0.25) is 0 Å². The molecule has 2 heteroatoms. The first-order valence-electron chi connectivity index (χ1n) is 2.87. The summed E-state index contributed by atoms with van der Waals surface area (Å²) in [6, 6.07) is 0. The van der Waals surface area contributed by atoms with Crippen LogP contribution in [0.1, 0.15) is 27.7 Å². The molecule has 0 bridgehead atoms. The molecule has 0 aromatic rings. The molecule has 50 valence electrons. The average molecular weight is 117 g/mol. The van der Waals surface area contributed by atoms with Gasteiger partial charge in [0, 0.05) is 5.54 Å². The normalized spacial score (nSPS) is 16.1. The number of hydrogen-bond acceptors (Lipinski definition) is 2.